The molecule has 26 heavy (non-hydrogen) atoms. The first-order valence-electron chi connectivity index (χ1n) is 9.54. The van der Waals surface area contributed by atoms with E-state index in [1.54, 1.807) is 14.2 Å². The van der Waals surface area contributed by atoms with Gasteiger partial charge in [0, 0.05) is 34.9 Å². The van der Waals surface area contributed by atoms with Crippen LogP contribution < -0.4 is 14.8 Å². The van der Waals surface area contributed by atoms with Gasteiger partial charge in [-0.15, -0.1) is 0 Å². The number of anilines is 1. The molecule has 0 amide bonds. The number of hydrogen-bond donors (Lipinski definition) is 1. The van der Waals surface area contributed by atoms with Gasteiger partial charge in [-0.2, -0.15) is 0 Å². The Hall–Kier alpha value is -2.01. The maximum Gasteiger partial charge on any atom is 0.147 e. The molecule has 0 saturated heterocycles. The number of aryl methyl sites for hydroxylation is 1. The molecule has 1 aromatic carbocycles. The predicted octanol–water partition coefficient (Wildman–Crippen LogP) is 4.48. The average Bonchev–Trinajstić information content (AvgIpc) is 2.64. The molecule has 5 nitrogen and oxygen atoms in total. The maximum atomic E-state index is 5.58. The number of nitrogens with zero attached hydrogens (tertiary/aromatic N) is 2. The molecule has 0 radical (unpaired) electrons. The highest BCUT2D eigenvalue weighted by Gasteiger charge is 2.13. The largest absolute Gasteiger partial charge is 0.496 e. The summed E-state index contributed by atoms with van der Waals surface area (Å²) in [6.45, 7) is 12.0. The fourth-order valence-electron chi connectivity index (χ4n) is 3.31. The van der Waals surface area contributed by atoms with Gasteiger partial charge < -0.3 is 19.7 Å². The minimum absolute atomic E-state index is 0.386. The van der Waals surface area contributed by atoms with E-state index in [0.717, 1.165) is 59.8 Å². The van der Waals surface area contributed by atoms with E-state index in [9.17, 15) is 0 Å². The molecular formula is C21H33N3O2. The summed E-state index contributed by atoms with van der Waals surface area (Å²) in [7, 11) is 3.37. The topological polar surface area (TPSA) is 46.6 Å². The lowest BCUT2D eigenvalue weighted by atomic mass is 10.1. The first-order chi connectivity index (χ1) is 12.5. The average molecular weight is 360 g/mol. The normalized spacial score (nSPS) is 12.4. The van der Waals surface area contributed by atoms with Gasteiger partial charge in [0.05, 0.1) is 14.2 Å². The molecular weight excluding hydrogens is 326 g/mol. The first-order valence-corrected chi connectivity index (χ1v) is 9.54. The van der Waals surface area contributed by atoms with Crippen molar-refractivity contribution in [2.24, 2.45) is 0 Å². The number of pyridine rings is 1. The van der Waals surface area contributed by atoms with Crippen molar-refractivity contribution in [1.29, 1.82) is 0 Å². The molecule has 0 fully saturated rings. The highest BCUT2D eigenvalue weighted by atomic mass is 16.5. The van der Waals surface area contributed by atoms with Crippen molar-refractivity contribution >= 4 is 16.6 Å². The van der Waals surface area contributed by atoms with E-state index in [1.807, 2.05) is 19.1 Å². The summed E-state index contributed by atoms with van der Waals surface area (Å²) in [5.74, 6) is 1.59. The van der Waals surface area contributed by atoms with Gasteiger partial charge in [-0.3, -0.25) is 0 Å². The third kappa shape index (κ3) is 5.01. The van der Waals surface area contributed by atoms with Crippen LogP contribution in [-0.4, -0.2) is 49.8 Å². The molecule has 2 aromatic rings. The van der Waals surface area contributed by atoms with Crippen LogP contribution in [0.25, 0.3) is 10.9 Å². The van der Waals surface area contributed by atoms with Crippen molar-refractivity contribution in [2.75, 3.05) is 39.2 Å². The van der Waals surface area contributed by atoms with Crippen molar-refractivity contribution in [3.8, 4) is 11.5 Å². The van der Waals surface area contributed by atoms with Crippen molar-refractivity contribution in [3.05, 3.63) is 23.9 Å². The van der Waals surface area contributed by atoms with E-state index in [1.165, 1.54) is 6.42 Å². The Balaban J connectivity index is 2.15. The van der Waals surface area contributed by atoms with Crippen LogP contribution in [0.1, 0.15) is 39.3 Å². The Kier molecular flexibility index (Phi) is 7.51. The van der Waals surface area contributed by atoms with Gasteiger partial charge in [-0.05, 0) is 52.4 Å². The Labute approximate surface area is 157 Å². The lowest BCUT2D eigenvalue weighted by Crippen LogP contribution is -2.25. The standard InChI is InChI=1S/C21H33N3O2/c1-7-24(8-2)11-9-10-15(3)22-17-13-18-19(25-5)12-16(4)23-21(18)20(14-17)26-6/h12-15,22H,7-11H2,1-6H3. The van der Waals surface area contributed by atoms with Gasteiger partial charge in [0.1, 0.15) is 17.0 Å². The van der Waals surface area contributed by atoms with Gasteiger partial charge in [-0.1, -0.05) is 13.8 Å². The van der Waals surface area contributed by atoms with Crippen LogP contribution in [0, 0.1) is 6.92 Å². The van der Waals surface area contributed by atoms with Crippen LogP contribution in [0.2, 0.25) is 0 Å². The van der Waals surface area contributed by atoms with Gasteiger partial charge >= 0.3 is 0 Å². The van der Waals surface area contributed by atoms with Crippen molar-refractivity contribution in [1.82, 2.24) is 9.88 Å². The fourth-order valence-corrected chi connectivity index (χ4v) is 3.31. The molecule has 144 valence electrons. The molecule has 5 heteroatoms. The first kappa shape index (κ1) is 20.3. The quantitative estimate of drug-likeness (QED) is 0.677. The smallest absolute Gasteiger partial charge is 0.147 e. The zero-order valence-electron chi connectivity index (χ0n) is 17.1. The van der Waals surface area contributed by atoms with Crippen LogP contribution in [0.15, 0.2) is 18.2 Å². The number of benzene rings is 1. The highest BCUT2D eigenvalue weighted by molar-refractivity contribution is 5.93. The molecule has 1 N–H and O–H groups in total. The zero-order valence-corrected chi connectivity index (χ0v) is 17.1. The predicted molar refractivity (Wildman–Crippen MR) is 110 cm³/mol. The van der Waals surface area contributed by atoms with Crippen LogP contribution >= 0.6 is 0 Å². The molecule has 0 aliphatic heterocycles. The van der Waals surface area contributed by atoms with Gasteiger partial charge in [0.25, 0.3) is 0 Å². The van der Waals surface area contributed by atoms with Crippen molar-refractivity contribution in [2.45, 2.75) is 46.6 Å². The van der Waals surface area contributed by atoms with Crippen LogP contribution in [0.5, 0.6) is 11.5 Å². The number of ether oxygens (including phenoxy) is 2. The number of hydrogen-bond acceptors (Lipinski definition) is 5. The van der Waals surface area contributed by atoms with E-state index < -0.39 is 0 Å². The number of fused-ring (bicyclic) bond motifs is 1. The van der Waals surface area contributed by atoms with E-state index >= 15 is 0 Å². The Morgan fingerprint density at radius 3 is 2.38 bits per heavy atom. The molecule has 2 rings (SSSR count). The lowest BCUT2D eigenvalue weighted by molar-refractivity contribution is 0.295. The summed E-state index contributed by atoms with van der Waals surface area (Å²) < 4.78 is 11.1. The molecule has 0 aliphatic carbocycles. The maximum absolute atomic E-state index is 5.58. The summed E-state index contributed by atoms with van der Waals surface area (Å²) in [6.07, 6.45) is 2.31. The third-order valence-corrected chi connectivity index (χ3v) is 4.83. The van der Waals surface area contributed by atoms with Gasteiger partial charge in [0.2, 0.25) is 0 Å². The van der Waals surface area contributed by atoms with E-state index in [2.05, 4.69) is 42.0 Å². The van der Waals surface area contributed by atoms with E-state index in [4.69, 9.17) is 9.47 Å². The summed E-state index contributed by atoms with van der Waals surface area (Å²) in [5, 5.41) is 4.57. The lowest BCUT2D eigenvalue weighted by Gasteiger charge is -2.21. The molecule has 1 heterocycles. The zero-order chi connectivity index (χ0) is 19.1. The third-order valence-electron chi connectivity index (χ3n) is 4.83. The monoisotopic (exact) mass is 359 g/mol. The SMILES string of the molecule is CCN(CC)CCCC(C)Nc1cc(OC)c2nc(C)cc(OC)c2c1. The second-order valence-corrected chi connectivity index (χ2v) is 6.76. The molecule has 1 atom stereocenters. The fraction of sp³-hybridized carbons (Fsp3) is 0.571. The molecule has 0 spiro atoms. The Morgan fingerprint density at radius 1 is 1.08 bits per heavy atom. The minimum atomic E-state index is 0.386. The van der Waals surface area contributed by atoms with Crippen LogP contribution in [0.3, 0.4) is 0 Å². The minimum Gasteiger partial charge on any atom is -0.496 e. The summed E-state index contributed by atoms with van der Waals surface area (Å²) in [4.78, 5) is 7.09. The number of methoxy groups -OCH3 is 2. The van der Waals surface area contributed by atoms with Crippen molar-refractivity contribution < 1.29 is 9.47 Å². The Morgan fingerprint density at radius 2 is 1.77 bits per heavy atom. The molecule has 0 bridgehead atoms. The number of aromatic nitrogens is 1. The van der Waals surface area contributed by atoms with Gasteiger partial charge in [-0.25, -0.2) is 4.98 Å². The second kappa shape index (κ2) is 9.62. The molecule has 1 unspecified atom stereocenters. The van der Waals surface area contributed by atoms with Crippen molar-refractivity contribution in [3.63, 3.8) is 0 Å². The summed E-state index contributed by atoms with van der Waals surface area (Å²) >= 11 is 0. The highest BCUT2D eigenvalue weighted by Crippen LogP contribution is 2.35. The van der Waals surface area contributed by atoms with E-state index in [-0.39, 0.29) is 0 Å². The number of nitrogens with one attached hydrogen (secondary N) is 1. The number of rotatable bonds is 10. The van der Waals surface area contributed by atoms with Crippen LogP contribution in [0.4, 0.5) is 5.69 Å². The van der Waals surface area contributed by atoms with Gasteiger partial charge in [0.15, 0.2) is 0 Å². The Bertz CT molecular complexity index is 714. The second-order valence-electron chi connectivity index (χ2n) is 6.76. The molecule has 0 aliphatic rings. The summed E-state index contributed by atoms with van der Waals surface area (Å²) in [6, 6.07) is 6.47. The van der Waals surface area contributed by atoms with E-state index in [0.29, 0.717) is 6.04 Å². The van der Waals surface area contributed by atoms with Crippen LogP contribution in [-0.2, 0) is 0 Å². The summed E-state index contributed by atoms with van der Waals surface area (Å²) in [5.41, 5.74) is 2.79. The molecule has 1 aromatic heterocycles. The molecule has 0 saturated carbocycles.